The summed E-state index contributed by atoms with van der Waals surface area (Å²) in [6.45, 7) is 1.42. The molecule has 12 heavy (non-hydrogen) atoms. The Balaban J connectivity index is 3.21. The number of carbonyl (C=O) groups is 1. The summed E-state index contributed by atoms with van der Waals surface area (Å²) in [5.74, 6) is -1.33. The minimum Gasteiger partial charge on any atom is -0.595 e. The van der Waals surface area contributed by atoms with Crippen LogP contribution in [0.2, 0.25) is 0 Å². The zero-order valence-electron chi connectivity index (χ0n) is 6.16. The number of rotatable bonds is 2. The van der Waals surface area contributed by atoms with Crippen LogP contribution in [0.1, 0.15) is 16.2 Å². The van der Waals surface area contributed by atoms with Crippen molar-refractivity contribution in [3.8, 4) is 0 Å². The number of nitrogens with zero attached hydrogens (tertiary/aromatic N) is 1. The second-order valence-corrected chi connectivity index (χ2v) is 2.17. The first-order valence-electron chi connectivity index (χ1n) is 3.05. The predicted molar refractivity (Wildman–Crippen MR) is 36.1 cm³/mol. The smallest absolute Gasteiger partial charge is 0.360 e. The molecule has 0 aliphatic heterocycles. The summed E-state index contributed by atoms with van der Waals surface area (Å²) in [4.78, 5) is 10.4. The van der Waals surface area contributed by atoms with Gasteiger partial charge in [-0.05, 0) is 6.92 Å². The van der Waals surface area contributed by atoms with Crippen molar-refractivity contribution in [2.24, 2.45) is 0 Å². The number of aromatic amines is 1. The average molecular weight is 173 g/mol. The van der Waals surface area contributed by atoms with Gasteiger partial charge in [0.05, 0.1) is 0 Å². The molecule has 0 fully saturated rings. The first-order chi connectivity index (χ1) is 5.54. The average Bonchev–Trinajstić information content (AvgIpc) is 2.30. The molecule has 0 saturated carbocycles. The molecule has 0 radical (unpaired) electrons. The number of aromatic carboxylic acids is 1. The van der Waals surface area contributed by atoms with Gasteiger partial charge in [-0.15, -0.1) is 0 Å². The van der Waals surface area contributed by atoms with Crippen LogP contribution in [0.4, 0.5) is 5.69 Å². The van der Waals surface area contributed by atoms with E-state index in [1.165, 1.54) is 6.92 Å². The van der Waals surface area contributed by atoms with Gasteiger partial charge >= 0.3 is 5.97 Å². The summed E-state index contributed by atoms with van der Waals surface area (Å²) >= 11 is 0. The second-order valence-electron chi connectivity index (χ2n) is 2.17. The van der Waals surface area contributed by atoms with Crippen LogP contribution in [0.5, 0.6) is 0 Å². The molecule has 1 atom stereocenters. The maximum atomic E-state index is 10.5. The first kappa shape index (κ1) is 8.65. The van der Waals surface area contributed by atoms with E-state index < -0.39 is 11.2 Å². The zero-order chi connectivity index (χ0) is 9.30. The summed E-state index contributed by atoms with van der Waals surface area (Å²) in [6.07, 6.45) is 0. The van der Waals surface area contributed by atoms with E-state index in [2.05, 4.69) is 10.2 Å². The molecule has 1 aromatic rings. The number of carboxylic acid groups (broad SMARTS) is 1. The Morgan fingerprint density at radius 1 is 1.75 bits per heavy atom. The van der Waals surface area contributed by atoms with E-state index in [0.717, 1.165) is 0 Å². The molecule has 1 unspecified atom stereocenters. The van der Waals surface area contributed by atoms with Gasteiger partial charge in [-0.25, -0.2) is 10.0 Å². The largest absolute Gasteiger partial charge is 0.595 e. The molecule has 0 aliphatic carbocycles. The molecule has 4 N–H and O–H groups in total. The van der Waals surface area contributed by atoms with Crippen molar-refractivity contribution in [3.05, 3.63) is 16.6 Å². The number of hydrogen-bond acceptors (Lipinski definition) is 4. The molecule has 1 aromatic heterocycles. The molecular weight excluding hydrogens is 166 g/mol. The monoisotopic (exact) mass is 173 g/mol. The Kier molecular flexibility index (Phi) is 2.09. The fourth-order valence-electron chi connectivity index (χ4n) is 0.849. The lowest BCUT2D eigenvalue weighted by Crippen LogP contribution is -2.99. The van der Waals surface area contributed by atoms with Gasteiger partial charge in [0.15, 0.2) is 0 Å². The lowest BCUT2D eigenvalue weighted by molar-refractivity contribution is -0.991. The number of aromatic nitrogens is 2. The van der Waals surface area contributed by atoms with Crippen molar-refractivity contribution in [2.75, 3.05) is 0 Å². The predicted octanol–water partition coefficient (Wildman–Crippen LogP) is -1.18. The highest BCUT2D eigenvalue weighted by Gasteiger charge is 2.21. The molecule has 1 heterocycles. The minimum atomic E-state index is -1.33. The first-order valence-corrected chi connectivity index (χ1v) is 3.05. The summed E-state index contributed by atoms with van der Waals surface area (Å²) in [7, 11) is 0. The third-order valence-electron chi connectivity index (χ3n) is 1.37. The summed E-state index contributed by atoms with van der Waals surface area (Å²) in [5.41, 5.74) is -0.512. The van der Waals surface area contributed by atoms with Gasteiger partial charge in [0.25, 0.3) is 0 Å². The highest BCUT2D eigenvalue weighted by Crippen LogP contribution is 2.11. The molecule has 0 aliphatic rings. The van der Waals surface area contributed by atoms with E-state index in [9.17, 15) is 10.0 Å². The normalized spacial score (nSPS) is 12.9. The van der Waals surface area contributed by atoms with Crippen LogP contribution < -0.4 is 5.23 Å². The number of nitrogens with one attached hydrogen (secondary N) is 2. The molecule has 0 saturated heterocycles. The van der Waals surface area contributed by atoms with Gasteiger partial charge in [0, 0.05) is 0 Å². The van der Waals surface area contributed by atoms with Crippen molar-refractivity contribution in [1.82, 2.24) is 10.2 Å². The number of quaternary nitrogens is 1. The van der Waals surface area contributed by atoms with Crippen LogP contribution in [0.25, 0.3) is 0 Å². The van der Waals surface area contributed by atoms with Crippen LogP contribution in [0, 0.1) is 12.1 Å². The van der Waals surface area contributed by atoms with Gasteiger partial charge < -0.3 is 10.3 Å². The topological polar surface area (TPSA) is 114 Å². The van der Waals surface area contributed by atoms with Crippen molar-refractivity contribution >= 4 is 11.7 Å². The zero-order valence-corrected chi connectivity index (χ0v) is 6.16. The van der Waals surface area contributed by atoms with Crippen molar-refractivity contribution in [3.63, 3.8) is 0 Å². The Labute approximate surface area is 66.8 Å². The Morgan fingerprint density at radius 3 is 2.67 bits per heavy atom. The number of aryl methyl sites for hydroxylation is 1. The van der Waals surface area contributed by atoms with Crippen LogP contribution >= 0.6 is 0 Å². The lowest BCUT2D eigenvalue weighted by Gasteiger charge is -2.10. The van der Waals surface area contributed by atoms with Gasteiger partial charge in [-0.2, -0.15) is 10.3 Å². The van der Waals surface area contributed by atoms with Crippen LogP contribution in [0.3, 0.4) is 0 Å². The van der Waals surface area contributed by atoms with Crippen LogP contribution in [0.15, 0.2) is 0 Å². The van der Waals surface area contributed by atoms with E-state index in [0.29, 0.717) is 0 Å². The molecular formula is C5H7N3O4. The van der Waals surface area contributed by atoms with E-state index in [1.54, 1.807) is 0 Å². The lowest BCUT2D eigenvalue weighted by atomic mass is 10.3. The van der Waals surface area contributed by atoms with E-state index in [4.69, 9.17) is 10.3 Å². The van der Waals surface area contributed by atoms with Gasteiger partial charge in [-0.3, -0.25) is 5.10 Å². The number of hydrogen-bond donors (Lipinski definition) is 4. The Bertz CT molecular complexity index is 306. The van der Waals surface area contributed by atoms with Gasteiger partial charge in [0.1, 0.15) is 5.69 Å². The number of carboxylic acids is 1. The fourth-order valence-corrected chi connectivity index (χ4v) is 0.849. The summed E-state index contributed by atoms with van der Waals surface area (Å²) < 4.78 is 0. The summed E-state index contributed by atoms with van der Waals surface area (Å²) in [5, 5.41) is 31.8. The molecule has 7 heteroatoms. The molecule has 1 rings (SSSR count). The van der Waals surface area contributed by atoms with Crippen LogP contribution in [-0.2, 0) is 0 Å². The quantitative estimate of drug-likeness (QED) is 0.420. The minimum absolute atomic E-state index is 0.167. The molecule has 0 amide bonds. The maximum Gasteiger partial charge on any atom is 0.360 e. The molecule has 66 valence electrons. The molecule has 0 bridgehead atoms. The standard InChI is InChI=1S/C5H7N3O4/c1-2-4(8(11)12)3(5(9)10)7-6-2/h8,11H,1H3,(H,6,7)(H,9,10). The third kappa shape index (κ3) is 1.28. The molecule has 0 aromatic carbocycles. The van der Waals surface area contributed by atoms with Crippen molar-refractivity contribution < 1.29 is 20.3 Å². The highest BCUT2D eigenvalue weighted by molar-refractivity contribution is 5.90. The summed E-state index contributed by atoms with van der Waals surface area (Å²) in [6, 6.07) is 0. The van der Waals surface area contributed by atoms with Crippen LogP contribution in [-0.4, -0.2) is 26.5 Å². The SMILES string of the molecule is Cc1n[nH]c(C(=O)O)c1[NH+]([O-])O. The van der Waals surface area contributed by atoms with Crippen molar-refractivity contribution in [1.29, 1.82) is 0 Å². The third-order valence-corrected chi connectivity index (χ3v) is 1.37. The Morgan fingerprint density at radius 2 is 2.33 bits per heavy atom. The van der Waals surface area contributed by atoms with Gasteiger partial charge in [-0.1, -0.05) is 0 Å². The van der Waals surface area contributed by atoms with E-state index >= 15 is 0 Å². The second kappa shape index (κ2) is 2.89. The Hall–Kier alpha value is -1.44. The number of H-pyrrole nitrogens is 1. The van der Waals surface area contributed by atoms with Crippen molar-refractivity contribution in [2.45, 2.75) is 6.92 Å². The van der Waals surface area contributed by atoms with E-state index in [-0.39, 0.29) is 17.1 Å². The molecule has 0 spiro atoms. The maximum absolute atomic E-state index is 10.5. The van der Waals surface area contributed by atoms with E-state index in [1.807, 2.05) is 0 Å². The highest BCUT2D eigenvalue weighted by atomic mass is 16.8. The van der Waals surface area contributed by atoms with Gasteiger partial charge in [0.2, 0.25) is 11.4 Å². The fraction of sp³-hybridized carbons (Fsp3) is 0.200. The molecule has 7 nitrogen and oxygen atoms in total.